The normalized spacial score (nSPS) is 19.2. The van der Waals surface area contributed by atoms with Crippen molar-refractivity contribution in [1.82, 2.24) is 9.55 Å². The number of nitrogens with zero attached hydrogens (tertiary/aromatic N) is 1. The number of carbonyl (C=O) groups is 2. The summed E-state index contributed by atoms with van der Waals surface area (Å²) < 4.78 is 63.5. The number of H-pyrrole nitrogens is 1. The number of aromatic nitrogens is 2. The summed E-state index contributed by atoms with van der Waals surface area (Å²) in [5.41, 5.74) is -1.21. The summed E-state index contributed by atoms with van der Waals surface area (Å²) in [4.78, 5) is 48.7. The molecule has 0 bridgehead atoms. The van der Waals surface area contributed by atoms with E-state index in [9.17, 15) is 23.7 Å². The molecule has 18 heteroatoms. The van der Waals surface area contributed by atoms with Gasteiger partial charge < -0.3 is 33.2 Å². The van der Waals surface area contributed by atoms with Crippen molar-refractivity contribution >= 4 is 20.1 Å². The Morgan fingerprint density at radius 2 is 1.55 bits per heavy atom. The number of carbonyl (C=O) groups excluding carboxylic acids is 2. The van der Waals surface area contributed by atoms with Gasteiger partial charge in [-0.15, -0.1) is 0 Å². The fraction of sp³-hybridized carbons (Fsp3) is 0.700. The lowest BCUT2D eigenvalue weighted by Crippen LogP contribution is -2.33. The van der Waals surface area contributed by atoms with E-state index in [4.69, 9.17) is 27.8 Å². The molecular weight excluding hydrogens is 539 g/mol. The van der Waals surface area contributed by atoms with Gasteiger partial charge in [-0.2, -0.15) is 0 Å². The van der Waals surface area contributed by atoms with Crippen molar-refractivity contribution in [3.05, 3.63) is 33.1 Å². The molecule has 1 aromatic rings. The number of aromatic amines is 1. The fourth-order valence-electron chi connectivity index (χ4n) is 3.00. The number of rotatable bonds is 16. The monoisotopic (exact) mass is 570 g/mol. The Hall–Kier alpha value is -2.79. The zero-order valence-electron chi connectivity index (χ0n) is 21.1. The number of phosphoric acid groups is 1. The van der Waals surface area contributed by atoms with Gasteiger partial charge in [-0.25, -0.2) is 28.0 Å². The highest BCUT2D eigenvalue weighted by Crippen LogP contribution is 2.50. The van der Waals surface area contributed by atoms with E-state index in [0.717, 1.165) is 0 Å². The number of phosphoric ester groups is 1. The van der Waals surface area contributed by atoms with Gasteiger partial charge in [-0.3, -0.25) is 18.9 Å². The minimum Gasteiger partial charge on any atom is -0.432 e. The van der Waals surface area contributed by atoms with E-state index in [1.54, 1.807) is 6.92 Å². The van der Waals surface area contributed by atoms with Gasteiger partial charge in [-0.1, -0.05) is 6.92 Å². The van der Waals surface area contributed by atoms with Crippen LogP contribution >= 0.6 is 7.82 Å². The third-order valence-corrected chi connectivity index (χ3v) is 6.34. The van der Waals surface area contributed by atoms with Gasteiger partial charge in [-0.05, 0) is 0 Å². The molecule has 3 atom stereocenters. The first kappa shape index (κ1) is 31.4. The molecule has 0 amide bonds. The lowest BCUT2D eigenvalue weighted by molar-refractivity contribution is -0.0442. The molecule has 1 N–H and O–H groups in total. The highest BCUT2D eigenvalue weighted by Gasteiger charge is 2.38. The van der Waals surface area contributed by atoms with Crippen LogP contribution in [0.25, 0.3) is 0 Å². The maximum atomic E-state index is 13.1. The first-order valence-electron chi connectivity index (χ1n) is 11.2. The zero-order chi connectivity index (χ0) is 28.0. The van der Waals surface area contributed by atoms with Crippen molar-refractivity contribution < 1.29 is 60.9 Å². The molecule has 0 saturated carbocycles. The second kappa shape index (κ2) is 16.2. The summed E-state index contributed by atoms with van der Waals surface area (Å²) >= 11 is 0. The van der Waals surface area contributed by atoms with Crippen LogP contribution in [0.3, 0.4) is 0 Å². The largest absolute Gasteiger partial charge is 0.510 e. The molecule has 2 heterocycles. The molecule has 2 rings (SSSR count). The smallest absolute Gasteiger partial charge is 0.432 e. The summed E-state index contributed by atoms with van der Waals surface area (Å²) in [6.07, 6.45) is -1.68. The number of hydrogen-bond donors (Lipinski definition) is 1. The van der Waals surface area contributed by atoms with Crippen LogP contribution in [0.2, 0.25) is 0 Å². The molecule has 1 aliphatic heterocycles. The van der Waals surface area contributed by atoms with E-state index < -0.39 is 57.1 Å². The Morgan fingerprint density at radius 1 is 0.974 bits per heavy atom. The van der Waals surface area contributed by atoms with E-state index in [1.165, 1.54) is 31.0 Å². The molecule has 17 nitrogen and oxygen atoms in total. The Kier molecular flexibility index (Phi) is 13.4. The SMILES string of the molecule is COCCOC(=O)OCOP(=O)(OCOC(=O)OCCOC)OCC1CO[C@@H](n2ccc(=O)[nH]c2=O)[C@H]1C. The quantitative estimate of drug-likeness (QED) is 0.128. The van der Waals surface area contributed by atoms with Gasteiger partial charge in [0.15, 0.2) is 0 Å². The highest BCUT2D eigenvalue weighted by molar-refractivity contribution is 7.48. The lowest BCUT2D eigenvalue weighted by Gasteiger charge is -2.22. The van der Waals surface area contributed by atoms with Crippen molar-refractivity contribution in [1.29, 1.82) is 0 Å². The zero-order valence-corrected chi connectivity index (χ0v) is 22.0. The van der Waals surface area contributed by atoms with Crippen molar-refractivity contribution in [3.63, 3.8) is 0 Å². The van der Waals surface area contributed by atoms with E-state index in [-0.39, 0.29) is 45.6 Å². The van der Waals surface area contributed by atoms with Gasteiger partial charge in [0, 0.05) is 38.3 Å². The average Bonchev–Trinajstić information content (AvgIpc) is 3.23. The van der Waals surface area contributed by atoms with Crippen molar-refractivity contribution in [3.8, 4) is 0 Å². The molecule has 1 aliphatic rings. The molecule has 0 radical (unpaired) electrons. The molecular formula is C20H31N2O15P. The van der Waals surface area contributed by atoms with Gasteiger partial charge in [0.25, 0.3) is 5.56 Å². The summed E-state index contributed by atoms with van der Waals surface area (Å²) in [5, 5.41) is 0. The summed E-state index contributed by atoms with van der Waals surface area (Å²) in [5.74, 6) is -0.745. The Balaban J connectivity index is 1.94. The van der Waals surface area contributed by atoms with Crippen LogP contribution in [0.5, 0.6) is 0 Å². The molecule has 216 valence electrons. The van der Waals surface area contributed by atoms with Gasteiger partial charge in [0.2, 0.25) is 13.6 Å². The topological polar surface area (TPSA) is 198 Å². The standard InChI is InChI=1S/C20H31N2O15P/c1-14-15(10-32-17(14)22-5-4-16(23)21-18(22)24)11-35-38(27,36-12-33-19(25)30-8-6-28-2)37-13-34-20(26)31-9-7-29-3/h4-5,14-15,17H,6-13H2,1-3H3,(H,21,23,24)/t14-,15?,17+/m0/s1. The molecule has 1 saturated heterocycles. The number of nitrogens with one attached hydrogen (secondary N) is 1. The predicted molar refractivity (Wildman–Crippen MR) is 123 cm³/mol. The number of ether oxygens (including phenoxy) is 7. The van der Waals surface area contributed by atoms with Crippen LogP contribution in [-0.4, -0.2) is 89.3 Å². The van der Waals surface area contributed by atoms with Crippen molar-refractivity contribution in [2.24, 2.45) is 11.8 Å². The molecule has 0 aromatic carbocycles. The highest BCUT2D eigenvalue weighted by atomic mass is 31.2. The van der Waals surface area contributed by atoms with E-state index >= 15 is 0 Å². The predicted octanol–water partition coefficient (Wildman–Crippen LogP) is 0.990. The summed E-state index contributed by atoms with van der Waals surface area (Å²) in [7, 11) is -1.64. The lowest BCUT2D eigenvalue weighted by atomic mass is 9.97. The first-order valence-corrected chi connectivity index (χ1v) is 12.7. The molecule has 1 unspecified atom stereocenters. The second-order valence-electron chi connectivity index (χ2n) is 7.57. The van der Waals surface area contributed by atoms with Gasteiger partial charge >= 0.3 is 25.8 Å². The first-order chi connectivity index (χ1) is 18.2. The molecule has 1 aromatic heterocycles. The maximum absolute atomic E-state index is 13.1. The third kappa shape index (κ3) is 10.5. The van der Waals surface area contributed by atoms with E-state index in [1.807, 2.05) is 0 Å². The molecule has 0 aliphatic carbocycles. The Bertz CT molecular complexity index is 1010. The van der Waals surface area contributed by atoms with Crippen LogP contribution in [0.1, 0.15) is 13.2 Å². The van der Waals surface area contributed by atoms with Crippen molar-refractivity contribution in [2.45, 2.75) is 13.2 Å². The minimum absolute atomic E-state index is 0.0852. The molecule has 0 spiro atoms. The van der Waals surface area contributed by atoms with Gasteiger partial charge in [0.05, 0.1) is 26.4 Å². The van der Waals surface area contributed by atoms with E-state index in [0.29, 0.717) is 0 Å². The van der Waals surface area contributed by atoms with Crippen LogP contribution < -0.4 is 11.2 Å². The number of methoxy groups -OCH3 is 2. The third-order valence-electron chi connectivity index (χ3n) is 5.04. The Morgan fingerprint density at radius 3 is 2.08 bits per heavy atom. The molecule has 1 fully saturated rings. The molecule has 38 heavy (non-hydrogen) atoms. The second-order valence-corrected chi connectivity index (χ2v) is 9.24. The van der Waals surface area contributed by atoms with Gasteiger partial charge in [0.1, 0.15) is 19.4 Å². The van der Waals surface area contributed by atoms with Crippen molar-refractivity contribution in [2.75, 3.05) is 67.4 Å². The van der Waals surface area contributed by atoms with Crippen LogP contribution in [0.4, 0.5) is 9.59 Å². The number of hydrogen-bond acceptors (Lipinski definition) is 15. The maximum Gasteiger partial charge on any atom is 0.510 e. The minimum atomic E-state index is -4.47. The van der Waals surface area contributed by atoms with Crippen LogP contribution in [0.15, 0.2) is 21.9 Å². The average molecular weight is 570 g/mol. The van der Waals surface area contributed by atoms with E-state index in [2.05, 4.69) is 23.9 Å². The summed E-state index contributed by atoms with van der Waals surface area (Å²) in [6.45, 7) is -0.0598. The van der Waals surface area contributed by atoms with Crippen LogP contribution in [0, 0.1) is 11.8 Å². The Labute approximate surface area is 216 Å². The van der Waals surface area contributed by atoms with Crippen LogP contribution in [-0.2, 0) is 51.3 Å². The summed E-state index contributed by atoms with van der Waals surface area (Å²) in [6, 6.07) is 1.18. The fourth-order valence-corrected chi connectivity index (χ4v) is 3.96.